The van der Waals surface area contributed by atoms with Crippen LogP contribution in [0.15, 0.2) is 89.7 Å². The number of nitrogens with zero attached hydrogens (tertiary/aromatic N) is 4. The van der Waals surface area contributed by atoms with Gasteiger partial charge in [-0.1, -0.05) is 34.3 Å². The number of sulfonamides is 1. The van der Waals surface area contributed by atoms with Crippen molar-refractivity contribution in [3.8, 4) is 5.75 Å². The minimum absolute atomic E-state index is 0.0968. The molecule has 0 aliphatic carbocycles. The molecule has 4 rings (SSSR count). The first-order valence-electron chi connectivity index (χ1n) is 12.7. The molecule has 0 aliphatic rings. The van der Waals surface area contributed by atoms with Crippen molar-refractivity contribution in [1.82, 2.24) is 4.72 Å². The topological polar surface area (TPSA) is 299 Å². The largest absolute Gasteiger partial charge is 0.505 e. The molecule has 262 valence electrons. The molecule has 49 heavy (non-hydrogen) atoms. The van der Waals surface area contributed by atoms with Crippen LogP contribution < -0.4 is 10.5 Å². The molecule has 0 atom stereocenters. The molecule has 0 fully saturated rings. The van der Waals surface area contributed by atoms with E-state index in [9.17, 15) is 34.9 Å². The van der Waals surface area contributed by atoms with Gasteiger partial charge >= 0.3 is 10.4 Å². The highest BCUT2D eigenvalue weighted by atomic mass is 35.5. The average molecular weight is 800 g/mol. The maximum absolute atomic E-state index is 12.6. The minimum atomic E-state index is -5.08. The maximum Gasteiger partial charge on any atom is 0.397 e. The number of phenols is 1. The molecule has 0 aliphatic heterocycles. The summed E-state index contributed by atoms with van der Waals surface area (Å²) < 4.78 is 101. The number of nitrogen functional groups attached to an aromatic ring is 1. The lowest BCUT2D eigenvalue weighted by Crippen LogP contribution is -2.28. The van der Waals surface area contributed by atoms with Gasteiger partial charge in [0.1, 0.15) is 22.0 Å². The van der Waals surface area contributed by atoms with Gasteiger partial charge in [-0.15, -0.1) is 19.7 Å². The SMILES string of the molecule is Nc1c(N=Nc2cccc(S(=O)(=O)NCCOS(=O)(=O)O)c2)c(S(=O)(=O)O)cc2cc(SOOO)c(N=Nc3ccc(Cl)cc3Cl)c(O)c12. The fourth-order valence-electron chi connectivity index (χ4n) is 3.92. The second-order valence-corrected chi connectivity index (χ2v) is 15.0. The number of rotatable bonds is 14. The number of benzene rings is 4. The smallest absolute Gasteiger partial charge is 0.397 e. The summed E-state index contributed by atoms with van der Waals surface area (Å²) in [6, 6.07) is 11.0. The Morgan fingerprint density at radius 2 is 1.61 bits per heavy atom. The number of anilines is 1. The Kier molecular flexibility index (Phi) is 12.1. The summed E-state index contributed by atoms with van der Waals surface area (Å²) in [5.41, 5.74) is 4.69. The van der Waals surface area contributed by atoms with Gasteiger partial charge in [0.15, 0.2) is 5.75 Å². The molecule has 0 heterocycles. The number of fused-ring (bicyclic) bond motifs is 1. The summed E-state index contributed by atoms with van der Waals surface area (Å²) in [6.45, 7) is -1.26. The lowest BCUT2D eigenvalue weighted by molar-refractivity contribution is -0.432. The molecule has 25 heteroatoms. The number of nitrogens with one attached hydrogen (secondary N) is 1. The quantitative estimate of drug-likeness (QED) is 0.0161. The van der Waals surface area contributed by atoms with Gasteiger partial charge in [0.05, 0.1) is 50.2 Å². The first kappa shape index (κ1) is 38.2. The molecule has 0 bridgehead atoms. The van der Waals surface area contributed by atoms with Crippen molar-refractivity contribution >= 4 is 105 Å². The van der Waals surface area contributed by atoms with Crippen LogP contribution >= 0.6 is 35.2 Å². The Balaban J connectivity index is 1.81. The molecule has 0 unspecified atom stereocenters. The molecule has 4 aromatic carbocycles. The average Bonchev–Trinajstić information content (AvgIpc) is 3.01. The van der Waals surface area contributed by atoms with Crippen molar-refractivity contribution in [2.75, 3.05) is 18.9 Å². The van der Waals surface area contributed by atoms with Gasteiger partial charge in [0.25, 0.3) is 10.1 Å². The number of hydrogen-bond acceptors (Lipinski definition) is 17. The fraction of sp³-hybridized carbons (Fsp3) is 0.0833. The first-order chi connectivity index (χ1) is 22.9. The molecule has 7 N–H and O–H groups in total. The number of halogens is 2. The molecule has 0 amide bonds. The van der Waals surface area contributed by atoms with Crippen LogP contribution in [0.2, 0.25) is 10.0 Å². The predicted molar refractivity (Wildman–Crippen MR) is 174 cm³/mol. The molecular weight excluding hydrogens is 779 g/mol. The Morgan fingerprint density at radius 1 is 0.898 bits per heavy atom. The van der Waals surface area contributed by atoms with Gasteiger partial charge in [0, 0.05) is 11.6 Å². The number of hydrogen-bond donors (Lipinski definition) is 6. The van der Waals surface area contributed by atoms with E-state index in [1.807, 2.05) is 4.72 Å². The number of azo groups is 2. The standard InChI is InChI=1S/C24H20Cl2N6O13S4/c25-13-4-5-17(16(26)10-13)30-31-22-18(46-45-44-34)8-12-9-19(48(37,38)39)23(21(27)20(12)24(22)33)32-29-14-2-1-3-15(11-14)47(35,36)28-6-7-43-49(40,41)42/h1-5,8-11,28,33-34H,6-7,27H2,(H,37,38,39)(H,40,41,42). The van der Waals surface area contributed by atoms with Crippen LogP contribution in [0.3, 0.4) is 0 Å². The van der Waals surface area contributed by atoms with Crippen molar-refractivity contribution in [2.24, 2.45) is 20.5 Å². The van der Waals surface area contributed by atoms with Crippen LogP contribution in [-0.2, 0) is 44.1 Å². The van der Waals surface area contributed by atoms with Gasteiger partial charge in [-0.2, -0.15) is 21.9 Å². The minimum Gasteiger partial charge on any atom is -0.505 e. The third kappa shape index (κ3) is 9.79. The Bertz CT molecular complexity index is 2310. The van der Waals surface area contributed by atoms with E-state index in [1.165, 1.54) is 36.4 Å². The molecular formula is C24H20Cl2N6O13S4. The van der Waals surface area contributed by atoms with Gasteiger partial charge in [0.2, 0.25) is 10.0 Å². The van der Waals surface area contributed by atoms with Crippen LogP contribution in [0.25, 0.3) is 10.8 Å². The number of phenolic OH excluding ortho intramolecular Hbond substituents is 1. The first-order valence-corrected chi connectivity index (χ1v) is 18.4. The zero-order valence-corrected chi connectivity index (χ0v) is 28.6. The second-order valence-electron chi connectivity index (χ2n) is 9.15. The zero-order valence-electron chi connectivity index (χ0n) is 23.8. The van der Waals surface area contributed by atoms with E-state index in [-0.39, 0.29) is 42.6 Å². The Labute approximate surface area is 291 Å². The lowest BCUT2D eigenvalue weighted by Gasteiger charge is -2.14. The van der Waals surface area contributed by atoms with Crippen LogP contribution in [0, 0.1) is 0 Å². The molecule has 4 aromatic rings. The fourth-order valence-corrected chi connectivity index (χ4v) is 6.88. The highest BCUT2D eigenvalue weighted by molar-refractivity contribution is 7.94. The highest BCUT2D eigenvalue weighted by Crippen LogP contribution is 2.49. The third-order valence-electron chi connectivity index (χ3n) is 5.93. The Morgan fingerprint density at radius 3 is 2.27 bits per heavy atom. The zero-order chi connectivity index (χ0) is 36.1. The second kappa shape index (κ2) is 15.5. The van der Waals surface area contributed by atoms with E-state index in [4.69, 9.17) is 38.7 Å². The summed E-state index contributed by atoms with van der Waals surface area (Å²) in [5, 5.41) is 39.3. The van der Waals surface area contributed by atoms with Crippen LogP contribution in [0.5, 0.6) is 5.75 Å². The van der Waals surface area contributed by atoms with E-state index in [2.05, 4.69) is 34.0 Å². The van der Waals surface area contributed by atoms with E-state index in [0.717, 1.165) is 18.2 Å². The number of aromatic hydroxyl groups is 1. The van der Waals surface area contributed by atoms with Crippen LogP contribution in [-0.4, -0.2) is 57.9 Å². The monoisotopic (exact) mass is 798 g/mol. The highest BCUT2D eigenvalue weighted by Gasteiger charge is 2.26. The van der Waals surface area contributed by atoms with Gasteiger partial charge in [-0.3, -0.25) is 9.11 Å². The summed E-state index contributed by atoms with van der Waals surface area (Å²) in [4.78, 5) is -1.36. The van der Waals surface area contributed by atoms with Gasteiger partial charge in [-0.25, -0.2) is 22.6 Å². The van der Waals surface area contributed by atoms with Crippen molar-refractivity contribution in [3.63, 3.8) is 0 Å². The number of nitrogens with two attached hydrogens (primary N) is 1. The van der Waals surface area contributed by atoms with Crippen LogP contribution in [0.1, 0.15) is 0 Å². The Hall–Kier alpha value is -3.56. The van der Waals surface area contributed by atoms with E-state index in [1.54, 1.807) is 0 Å². The molecule has 19 nitrogen and oxygen atoms in total. The van der Waals surface area contributed by atoms with E-state index < -0.39 is 65.7 Å². The molecule has 0 saturated heterocycles. The van der Waals surface area contributed by atoms with Crippen LogP contribution in [0.4, 0.5) is 28.4 Å². The van der Waals surface area contributed by atoms with Gasteiger partial charge in [-0.05, 0) is 53.9 Å². The van der Waals surface area contributed by atoms with Crippen molar-refractivity contribution in [1.29, 1.82) is 0 Å². The van der Waals surface area contributed by atoms with Crippen molar-refractivity contribution in [3.05, 3.63) is 64.6 Å². The molecule has 0 aromatic heterocycles. The normalized spacial score (nSPS) is 12.8. The summed E-state index contributed by atoms with van der Waals surface area (Å²) >= 11 is 12.4. The third-order valence-corrected chi connectivity index (χ3v) is 9.88. The summed E-state index contributed by atoms with van der Waals surface area (Å²) in [5.74, 6) is -0.705. The molecule has 0 spiro atoms. The molecule has 0 radical (unpaired) electrons. The molecule has 0 saturated carbocycles. The maximum atomic E-state index is 12.6. The van der Waals surface area contributed by atoms with E-state index >= 15 is 0 Å². The van der Waals surface area contributed by atoms with E-state index in [0.29, 0.717) is 17.1 Å². The van der Waals surface area contributed by atoms with Gasteiger partial charge < -0.3 is 10.8 Å². The predicted octanol–water partition coefficient (Wildman–Crippen LogP) is 6.04. The summed E-state index contributed by atoms with van der Waals surface area (Å²) in [7, 11) is -14.1. The van der Waals surface area contributed by atoms with Crippen molar-refractivity contribution < 1.29 is 58.3 Å². The summed E-state index contributed by atoms with van der Waals surface area (Å²) in [6.07, 6.45) is 0. The lowest BCUT2D eigenvalue weighted by atomic mass is 10.1. The van der Waals surface area contributed by atoms with Crippen molar-refractivity contribution in [2.45, 2.75) is 14.7 Å².